The fraction of sp³-hybridized carbons (Fsp3) is 0.632. The van der Waals surface area contributed by atoms with E-state index in [9.17, 15) is 20.1 Å². The van der Waals surface area contributed by atoms with E-state index in [2.05, 4.69) is 24.5 Å². The normalized spacial score (nSPS) is 34.2. The van der Waals surface area contributed by atoms with Gasteiger partial charge in [0.15, 0.2) is 11.5 Å². The number of aliphatic hydroxyl groups excluding tert-OH is 2. The smallest absolute Gasteiger partial charge is 0.255 e. The van der Waals surface area contributed by atoms with E-state index in [-0.39, 0.29) is 41.7 Å². The summed E-state index contributed by atoms with van der Waals surface area (Å²) >= 11 is 0. The van der Waals surface area contributed by atoms with Gasteiger partial charge in [-0.3, -0.25) is 4.79 Å². The lowest BCUT2D eigenvalue weighted by atomic mass is 9.66. The van der Waals surface area contributed by atoms with Crippen LogP contribution in [-0.2, 0) is 0 Å². The highest BCUT2D eigenvalue weighted by Gasteiger charge is 2.52. The molecule has 27 heavy (non-hydrogen) atoms. The molecule has 1 amide bonds. The third-order valence-electron chi connectivity index (χ3n) is 5.91. The van der Waals surface area contributed by atoms with Crippen LogP contribution in [-0.4, -0.2) is 58.9 Å². The molecular weight excluding hydrogens is 352 g/mol. The highest BCUT2D eigenvalue weighted by molar-refractivity contribution is 6.01. The molecule has 0 aromatic heterocycles. The van der Waals surface area contributed by atoms with E-state index >= 15 is 0 Å². The van der Waals surface area contributed by atoms with Gasteiger partial charge >= 0.3 is 0 Å². The molecule has 1 saturated carbocycles. The molecule has 0 radical (unpaired) electrons. The van der Waals surface area contributed by atoms with E-state index < -0.39 is 24.2 Å². The zero-order valence-corrected chi connectivity index (χ0v) is 15.6. The molecule has 148 valence electrons. The SMILES string of the molecule is CC(C)CN[C@H]1[C@H](O)[C@@H](O)[C@@H](C)[C@@H]2NC(=O)c3c(cc4c(c3O)OCO4)[C@H]21. The van der Waals surface area contributed by atoms with Gasteiger partial charge in [0.05, 0.1) is 17.8 Å². The van der Waals surface area contributed by atoms with Crippen molar-refractivity contribution in [3.8, 4) is 17.2 Å². The van der Waals surface area contributed by atoms with Crippen LogP contribution in [0, 0.1) is 11.8 Å². The number of aromatic hydroxyl groups is 1. The Bertz CT molecular complexity index is 767. The van der Waals surface area contributed by atoms with Gasteiger partial charge < -0.3 is 35.4 Å². The topological polar surface area (TPSA) is 120 Å². The van der Waals surface area contributed by atoms with Crippen molar-refractivity contribution < 1.29 is 29.6 Å². The number of ether oxygens (including phenoxy) is 2. The minimum absolute atomic E-state index is 0.0196. The number of amides is 1. The predicted octanol–water partition coefficient (Wildman–Crippen LogP) is 0.302. The van der Waals surface area contributed by atoms with Gasteiger partial charge in [-0.05, 0) is 24.1 Å². The molecule has 4 rings (SSSR count). The monoisotopic (exact) mass is 378 g/mol. The standard InChI is InChI=1S/C19H26N2O6/c1-7(2)5-20-14-11-9-4-10-18(27-6-26-10)16(23)12(9)19(25)21-13(11)8(3)15(22)17(14)24/h4,7-8,11,13-15,17,20,22-24H,5-6H2,1-3H3,(H,21,25)/t8-,11+,13-,14+,15-,17-/m0/s1. The molecule has 8 nitrogen and oxygen atoms in total. The van der Waals surface area contributed by atoms with Crippen LogP contribution in [0.1, 0.15) is 42.6 Å². The summed E-state index contributed by atoms with van der Waals surface area (Å²) in [5, 5.41) is 38.2. The van der Waals surface area contributed by atoms with Crippen molar-refractivity contribution in [3.63, 3.8) is 0 Å². The van der Waals surface area contributed by atoms with Crippen LogP contribution in [0.4, 0.5) is 0 Å². The van der Waals surface area contributed by atoms with E-state index in [0.29, 0.717) is 23.8 Å². The van der Waals surface area contributed by atoms with E-state index in [0.717, 1.165) is 0 Å². The van der Waals surface area contributed by atoms with Crippen LogP contribution in [0.5, 0.6) is 17.2 Å². The lowest BCUT2D eigenvalue weighted by Gasteiger charge is -2.50. The third-order valence-corrected chi connectivity index (χ3v) is 5.91. The second-order valence-corrected chi connectivity index (χ2v) is 8.12. The highest BCUT2D eigenvalue weighted by atomic mass is 16.7. The third kappa shape index (κ3) is 2.74. The Kier molecular flexibility index (Phi) is 4.44. The van der Waals surface area contributed by atoms with Gasteiger partial charge in [-0.25, -0.2) is 0 Å². The average molecular weight is 378 g/mol. The summed E-state index contributed by atoms with van der Waals surface area (Å²) in [5.74, 6) is -0.451. The lowest BCUT2D eigenvalue weighted by Crippen LogP contribution is -2.66. The van der Waals surface area contributed by atoms with Gasteiger partial charge in [-0.1, -0.05) is 20.8 Å². The summed E-state index contributed by atoms with van der Waals surface area (Å²) in [4.78, 5) is 12.7. The zero-order valence-electron chi connectivity index (χ0n) is 15.6. The molecule has 1 aliphatic carbocycles. The van der Waals surface area contributed by atoms with Crippen LogP contribution in [0.25, 0.3) is 0 Å². The first kappa shape index (κ1) is 18.3. The maximum atomic E-state index is 12.7. The molecule has 5 N–H and O–H groups in total. The van der Waals surface area contributed by atoms with Gasteiger partial charge in [0, 0.05) is 23.9 Å². The summed E-state index contributed by atoms with van der Waals surface area (Å²) in [6, 6.07) is 0.852. The van der Waals surface area contributed by atoms with Gasteiger partial charge in [0.25, 0.3) is 5.91 Å². The van der Waals surface area contributed by atoms with E-state index in [4.69, 9.17) is 9.47 Å². The maximum absolute atomic E-state index is 12.7. The average Bonchev–Trinajstić information content (AvgIpc) is 3.09. The Labute approximate surface area is 157 Å². The van der Waals surface area contributed by atoms with Crippen LogP contribution in [0.2, 0.25) is 0 Å². The zero-order chi connectivity index (χ0) is 19.5. The Morgan fingerprint density at radius 2 is 2.04 bits per heavy atom. The van der Waals surface area contributed by atoms with Crippen LogP contribution in [0.15, 0.2) is 6.07 Å². The molecule has 1 fully saturated rings. The van der Waals surface area contributed by atoms with Crippen molar-refractivity contribution in [2.24, 2.45) is 11.8 Å². The summed E-state index contributed by atoms with van der Waals surface area (Å²) in [6.07, 6.45) is -1.98. The summed E-state index contributed by atoms with van der Waals surface area (Å²) < 4.78 is 10.7. The fourth-order valence-corrected chi connectivity index (χ4v) is 4.50. The maximum Gasteiger partial charge on any atom is 0.255 e. The number of fused-ring (bicyclic) bond motifs is 4. The minimum Gasteiger partial charge on any atom is -0.504 e. The summed E-state index contributed by atoms with van der Waals surface area (Å²) in [5.41, 5.74) is 0.747. The number of benzene rings is 1. The molecule has 0 unspecified atom stereocenters. The van der Waals surface area contributed by atoms with E-state index in [1.807, 2.05) is 6.92 Å². The van der Waals surface area contributed by atoms with Crippen LogP contribution in [0.3, 0.4) is 0 Å². The second-order valence-electron chi connectivity index (χ2n) is 8.12. The molecule has 2 aliphatic heterocycles. The minimum atomic E-state index is -1.00. The van der Waals surface area contributed by atoms with Gasteiger partial charge in [0.1, 0.15) is 0 Å². The first-order valence-electron chi connectivity index (χ1n) is 9.37. The van der Waals surface area contributed by atoms with Crippen molar-refractivity contribution in [1.29, 1.82) is 0 Å². The molecule has 3 aliphatic rings. The second kappa shape index (κ2) is 6.54. The number of hydrogen-bond acceptors (Lipinski definition) is 7. The number of nitrogens with one attached hydrogen (secondary N) is 2. The Hall–Kier alpha value is -2.03. The van der Waals surface area contributed by atoms with Crippen LogP contribution < -0.4 is 20.1 Å². The van der Waals surface area contributed by atoms with Crippen molar-refractivity contribution >= 4 is 5.91 Å². The van der Waals surface area contributed by atoms with Gasteiger partial charge in [0.2, 0.25) is 12.5 Å². The Morgan fingerprint density at radius 1 is 1.30 bits per heavy atom. The number of rotatable bonds is 3. The molecule has 0 spiro atoms. The van der Waals surface area contributed by atoms with E-state index in [1.165, 1.54) is 0 Å². The van der Waals surface area contributed by atoms with Crippen molar-refractivity contribution in [1.82, 2.24) is 10.6 Å². The number of hydrogen-bond donors (Lipinski definition) is 5. The number of phenolic OH excluding ortho intramolecular Hbond substituents is 1. The first-order chi connectivity index (χ1) is 12.8. The molecule has 1 aromatic carbocycles. The van der Waals surface area contributed by atoms with Crippen LogP contribution >= 0.6 is 0 Å². The largest absolute Gasteiger partial charge is 0.504 e. The van der Waals surface area contributed by atoms with E-state index in [1.54, 1.807) is 6.07 Å². The number of carbonyl (C=O) groups is 1. The molecule has 0 saturated heterocycles. The summed E-state index contributed by atoms with van der Waals surface area (Å²) in [7, 11) is 0. The molecule has 1 aromatic rings. The fourth-order valence-electron chi connectivity index (χ4n) is 4.50. The Balaban J connectivity index is 1.84. The van der Waals surface area contributed by atoms with Gasteiger partial charge in [-0.15, -0.1) is 0 Å². The molecule has 8 heteroatoms. The predicted molar refractivity (Wildman–Crippen MR) is 96.0 cm³/mol. The summed E-state index contributed by atoms with van der Waals surface area (Å²) in [6.45, 7) is 6.54. The Morgan fingerprint density at radius 3 is 2.74 bits per heavy atom. The number of carbonyl (C=O) groups excluding carboxylic acids is 1. The highest BCUT2D eigenvalue weighted by Crippen LogP contribution is 2.50. The van der Waals surface area contributed by atoms with Gasteiger partial charge in [-0.2, -0.15) is 0 Å². The lowest BCUT2D eigenvalue weighted by molar-refractivity contribution is -0.0784. The first-order valence-corrected chi connectivity index (χ1v) is 9.37. The van der Waals surface area contributed by atoms with Crippen molar-refractivity contribution in [2.45, 2.75) is 51.0 Å². The molecule has 2 heterocycles. The quantitative estimate of drug-likeness (QED) is 0.513. The molecule has 6 atom stereocenters. The number of aliphatic hydroxyl groups is 2. The molecular formula is C19H26N2O6. The van der Waals surface area contributed by atoms with Crippen molar-refractivity contribution in [3.05, 3.63) is 17.2 Å². The van der Waals surface area contributed by atoms with Crippen molar-refractivity contribution in [2.75, 3.05) is 13.3 Å². The number of phenols is 1. The molecule has 0 bridgehead atoms.